The van der Waals surface area contributed by atoms with E-state index in [1.807, 2.05) is 31.6 Å². The summed E-state index contributed by atoms with van der Waals surface area (Å²) in [4.78, 5) is 24.3. The lowest BCUT2D eigenvalue weighted by Crippen LogP contribution is -2.53. The number of rotatable bonds is 3. The molecule has 7 heteroatoms. The van der Waals surface area contributed by atoms with Gasteiger partial charge in [-0.1, -0.05) is 0 Å². The lowest BCUT2D eigenvalue weighted by molar-refractivity contribution is -0.132. The van der Waals surface area contributed by atoms with Crippen molar-refractivity contribution in [3.05, 3.63) is 36.9 Å². The molecule has 3 aromatic rings. The van der Waals surface area contributed by atoms with Crippen LogP contribution in [0.2, 0.25) is 0 Å². The molecule has 6 rings (SSSR count). The van der Waals surface area contributed by atoms with Gasteiger partial charge in [0.05, 0.1) is 17.3 Å². The highest BCUT2D eigenvalue weighted by molar-refractivity contribution is 5.96. The number of anilines is 1. The summed E-state index contributed by atoms with van der Waals surface area (Å²) in [6.45, 7) is 3.08. The molecule has 138 valence electrons. The highest BCUT2D eigenvalue weighted by Crippen LogP contribution is 2.40. The van der Waals surface area contributed by atoms with Crippen molar-refractivity contribution in [2.24, 2.45) is 12.5 Å². The van der Waals surface area contributed by atoms with Crippen molar-refractivity contribution in [3.8, 4) is 11.3 Å². The molecule has 3 aromatic heterocycles. The summed E-state index contributed by atoms with van der Waals surface area (Å²) in [5, 5.41) is 9.24. The second-order valence-electron chi connectivity index (χ2n) is 7.72. The van der Waals surface area contributed by atoms with E-state index in [0.717, 1.165) is 60.9 Å². The van der Waals surface area contributed by atoms with Gasteiger partial charge in [0, 0.05) is 36.6 Å². The number of nitrogens with one attached hydrogen (secondary N) is 1. The normalized spacial score (nSPS) is 24.3. The van der Waals surface area contributed by atoms with Gasteiger partial charge < -0.3 is 10.2 Å². The van der Waals surface area contributed by atoms with Crippen molar-refractivity contribution in [2.75, 3.05) is 25.0 Å². The highest BCUT2D eigenvalue weighted by Gasteiger charge is 2.45. The van der Waals surface area contributed by atoms with Gasteiger partial charge in [0.1, 0.15) is 5.82 Å². The van der Waals surface area contributed by atoms with E-state index in [2.05, 4.69) is 25.3 Å². The molecule has 7 nitrogen and oxygen atoms in total. The van der Waals surface area contributed by atoms with E-state index in [4.69, 9.17) is 0 Å². The van der Waals surface area contributed by atoms with Gasteiger partial charge >= 0.3 is 0 Å². The third kappa shape index (κ3) is 2.88. The largest absolute Gasteiger partial charge is 0.310 e. The van der Waals surface area contributed by atoms with Crippen LogP contribution < -0.4 is 5.32 Å². The summed E-state index contributed by atoms with van der Waals surface area (Å²) in [6, 6.07) is 3.95. The zero-order chi connectivity index (χ0) is 18.4. The van der Waals surface area contributed by atoms with Crippen LogP contribution in [0.4, 0.5) is 5.82 Å². The molecule has 1 amide bonds. The van der Waals surface area contributed by atoms with Crippen molar-refractivity contribution >= 4 is 22.5 Å². The van der Waals surface area contributed by atoms with Crippen molar-refractivity contribution < 1.29 is 4.79 Å². The topological polar surface area (TPSA) is 75.9 Å². The van der Waals surface area contributed by atoms with E-state index in [1.165, 1.54) is 0 Å². The molecule has 0 aromatic carbocycles. The second kappa shape index (κ2) is 6.13. The molecule has 3 saturated heterocycles. The van der Waals surface area contributed by atoms with Crippen LogP contribution in [0.1, 0.15) is 19.3 Å². The number of fused-ring (bicyclic) bond motifs is 4. The zero-order valence-corrected chi connectivity index (χ0v) is 15.4. The number of nitrogens with zero attached hydrogens (tertiary/aromatic N) is 5. The second-order valence-corrected chi connectivity index (χ2v) is 7.72. The van der Waals surface area contributed by atoms with Crippen LogP contribution in [-0.4, -0.2) is 50.2 Å². The van der Waals surface area contributed by atoms with Crippen LogP contribution in [0.5, 0.6) is 0 Å². The number of piperidine rings is 3. The third-order valence-electron chi connectivity index (χ3n) is 6.05. The van der Waals surface area contributed by atoms with Gasteiger partial charge in [0.2, 0.25) is 5.91 Å². The minimum Gasteiger partial charge on any atom is -0.310 e. The smallest absolute Gasteiger partial charge is 0.231 e. The number of hydrogen-bond donors (Lipinski definition) is 1. The Balaban J connectivity index is 1.42. The fraction of sp³-hybridized carbons (Fsp3) is 0.400. The minimum atomic E-state index is -0.218. The fourth-order valence-electron chi connectivity index (χ4n) is 4.23. The first-order chi connectivity index (χ1) is 13.1. The van der Waals surface area contributed by atoms with Gasteiger partial charge in [-0.2, -0.15) is 5.10 Å². The monoisotopic (exact) mass is 362 g/mol. The molecule has 0 unspecified atom stereocenters. The van der Waals surface area contributed by atoms with Gasteiger partial charge in [0.25, 0.3) is 0 Å². The molecule has 6 heterocycles. The van der Waals surface area contributed by atoms with E-state index < -0.39 is 0 Å². The summed E-state index contributed by atoms with van der Waals surface area (Å²) < 4.78 is 1.76. The minimum absolute atomic E-state index is 0.121. The summed E-state index contributed by atoms with van der Waals surface area (Å²) in [5.74, 6) is 0.730. The Bertz CT molecular complexity index is 1000. The Kier molecular flexibility index (Phi) is 3.72. The predicted octanol–water partition coefficient (Wildman–Crippen LogP) is 2.45. The van der Waals surface area contributed by atoms with Crippen molar-refractivity contribution in [2.45, 2.75) is 19.3 Å². The van der Waals surface area contributed by atoms with Crippen LogP contribution in [-0.2, 0) is 11.8 Å². The number of amides is 1. The first-order valence-electron chi connectivity index (χ1n) is 9.40. The van der Waals surface area contributed by atoms with Crippen molar-refractivity contribution in [1.82, 2.24) is 24.6 Å². The van der Waals surface area contributed by atoms with Crippen LogP contribution in [0.25, 0.3) is 22.0 Å². The number of aryl methyl sites for hydroxylation is 1. The Hall–Kier alpha value is -2.80. The molecule has 2 bridgehead atoms. The fourth-order valence-corrected chi connectivity index (χ4v) is 4.23. The van der Waals surface area contributed by atoms with E-state index in [-0.39, 0.29) is 11.3 Å². The van der Waals surface area contributed by atoms with Gasteiger partial charge in [-0.15, -0.1) is 0 Å². The standard InChI is InChI=1S/C20H22N6O/c1-25-13-16(12-23-25)17-8-14-9-18(22-11-15(14)10-21-17)24-19(27)20-2-5-26(6-3-20)7-4-20/h8-13H,2-7H2,1H3,(H,22,24,27). The first-order valence-corrected chi connectivity index (χ1v) is 9.40. The lowest BCUT2D eigenvalue weighted by Gasteiger charge is -2.47. The number of aromatic nitrogens is 4. The first kappa shape index (κ1) is 16.4. The predicted molar refractivity (Wildman–Crippen MR) is 103 cm³/mol. The maximum Gasteiger partial charge on any atom is 0.231 e. The molecule has 3 aliphatic heterocycles. The quantitative estimate of drug-likeness (QED) is 0.775. The maximum atomic E-state index is 13.0. The molecule has 1 N–H and O–H groups in total. The molecule has 27 heavy (non-hydrogen) atoms. The van der Waals surface area contributed by atoms with Crippen LogP contribution in [0.15, 0.2) is 36.9 Å². The molecule has 0 atom stereocenters. The van der Waals surface area contributed by atoms with E-state index in [9.17, 15) is 4.79 Å². The van der Waals surface area contributed by atoms with Crippen LogP contribution >= 0.6 is 0 Å². The van der Waals surface area contributed by atoms with Gasteiger partial charge in [-0.25, -0.2) is 4.98 Å². The summed E-state index contributed by atoms with van der Waals surface area (Å²) in [5.41, 5.74) is 1.61. The van der Waals surface area contributed by atoms with E-state index in [1.54, 1.807) is 17.1 Å². The molecule has 0 radical (unpaired) electrons. The Morgan fingerprint density at radius 2 is 1.78 bits per heavy atom. The molecule has 0 saturated carbocycles. The van der Waals surface area contributed by atoms with Gasteiger partial charge in [0.15, 0.2) is 0 Å². The number of carbonyl (C=O) groups excluding carboxylic acids is 1. The Morgan fingerprint density at radius 1 is 1.04 bits per heavy atom. The average molecular weight is 362 g/mol. The number of pyridine rings is 2. The molecule has 0 spiro atoms. The molecule has 0 aliphatic carbocycles. The molecular weight excluding hydrogens is 340 g/mol. The Labute approximate surface area is 157 Å². The van der Waals surface area contributed by atoms with Crippen LogP contribution in [0, 0.1) is 5.41 Å². The van der Waals surface area contributed by atoms with E-state index >= 15 is 0 Å². The molecular formula is C20H22N6O. The third-order valence-corrected chi connectivity index (χ3v) is 6.05. The number of carbonyl (C=O) groups is 1. The Morgan fingerprint density at radius 3 is 2.48 bits per heavy atom. The highest BCUT2D eigenvalue weighted by atomic mass is 16.2. The summed E-state index contributed by atoms with van der Waals surface area (Å²) in [7, 11) is 1.89. The van der Waals surface area contributed by atoms with Crippen molar-refractivity contribution in [3.63, 3.8) is 0 Å². The zero-order valence-electron chi connectivity index (χ0n) is 15.4. The average Bonchev–Trinajstić information content (AvgIpc) is 3.15. The van der Waals surface area contributed by atoms with E-state index in [0.29, 0.717) is 5.82 Å². The van der Waals surface area contributed by atoms with Crippen LogP contribution in [0.3, 0.4) is 0 Å². The van der Waals surface area contributed by atoms with Gasteiger partial charge in [-0.3, -0.25) is 14.5 Å². The SMILES string of the molecule is Cn1cc(-c2cc3cc(NC(=O)C45CCN(CC4)CC5)ncc3cn2)cn1. The summed E-state index contributed by atoms with van der Waals surface area (Å²) >= 11 is 0. The maximum absolute atomic E-state index is 13.0. The van der Waals surface area contributed by atoms with Crippen molar-refractivity contribution in [1.29, 1.82) is 0 Å². The molecule has 3 aliphatic rings. The van der Waals surface area contributed by atoms with Gasteiger partial charge in [-0.05, 0) is 56.4 Å². The molecule has 3 fully saturated rings. The summed E-state index contributed by atoms with van der Waals surface area (Å²) in [6.07, 6.45) is 10.2. The number of hydrogen-bond acceptors (Lipinski definition) is 5. The lowest BCUT2D eigenvalue weighted by atomic mass is 9.71.